The molecule has 0 saturated heterocycles. The van der Waals surface area contributed by atoms with Crippen molar-refractivity contribution in [2.75, 3.05) is 13.2 Å². The number of hydrogen-bond donors (Lipinski definition) is 3. The van der Waals surface area contributed by atoms with E-state index in [0.717, 1.165) is 25.7 Å². The van der Waals surface area contributed by atoms with E-state index in [1.54, 1.807) is 36.5 Å². The highest BCUT2D eigenvalue weighted by atomic mass is 16.6. The van der Waals surface area contributed by atoms with Crippen LogP contribution in [0, 0.1) is 0 Å². The molecule has 0 unspecified atom stereocenters. The maximum atomic E-state index is 11.9. The fourth-order valence-corrected chi connectivity index (χ4v) is 4.34. The molecule has 3 N–H and O–H groups in total. The highest BCUT2D eigenvalue weighted by Crippen LogP contribution is 2.12. The Morgan fingerprint density at radius 1 is 0.581 bits per heavy atom. The van der Waals surface area contributed by atoms with Crippen molar-refractivity contribution in [2.45, 2.75) is 154 Å². The van der Waals surface area contributed by atoms with Crippen LogP contribution in [-0.4, -0.2) is 58.8 Å². The lowest BCUT2D eigenvalue weighted by Gasteiger charge is -2.12. The number of aliphatic hydroxyl groups is 3. The Kier molecular flexibility index (Phi) is 29.6. The molecular formula is C36H62O7. The van der Waals surface area contributed by atoms with Gasteiger partial charge in [0.15, 0.2) is 0 Å². The summed E-state index contributed by atoms with van der Waals surface area (Å²) in [5.41, 5.74) is 0. The molecule has 7 heteroatoms. The Morgan fingerprint density at radius 3 is 1.65 bits per heavy atom. The topological polar surface area (TPSA) is 113 Å². The lowest BCUT2D eigenvalue weighted by atomic mass is 10.1. The second-order valence-electron chi connectivity index (χ2n) is 11.3. The molecule has 0 aliphatic carbocycles. The van der Waals surface area contributed by atoms with E-state index < -0.39 is 24.3 Å². The second-order valence-corrected chi connectivity index (χ2v) is 11.3. The van der Waals surface area contributed by atoms with E-state index in [1.807, 2.05) is 6.08 Å². The largest absolute Gasteiger partial charge is 0.463 e. The van der Waals surface area contributed by atoms with Crippen LogP contribution in [0.1, 0.15) is 136 Å². The molecule has 0 heterocycles. The van der Waals surface area contributed by atoms with Gasteiger partial charge in [0.25, 0.3) is 0 Å². The summed E-state index contributed by atoms with van der Waals surface area (Å²) in [5.74, 6) is -0.803. The Labute approximate surface area is 262 Å². The first-order valence-electron chi connectivity index (χ1n) is 16.9. The third-order valence-corrected chi connectivity index (χ3v) is 7.01. The van der Waals surface area contributed by atoms with Gasteiger partial charge in [0.1, 0.15) is 19.3 Å². The molecule has 248 valence electrons. The van der Waals surface area contributed by atoms with E-state index in [9.17, 15) is 24.9 Å². The number of unbranched alkanes of at least 4 members (excludes halogenated alkanes) is 12. The fourth-order valence-electron chi connectivity index (χ4n) is 4.34. The van der Waals surface area contributed by atoms with Crippen molar-refractivity contribution >= 4 is 11.9 Å². The van der Waals surface area contributed by atoms with Gasteiger partial charge < -0.3 is 24.8 Å². The number of aliphatic hydroxyl groups excluding tert-OH is 3. The second kappa shape index (κ2) is 31.2. The molecule has 43 heavy (non-hydrogen) atoms. The minimum Gasteiger partial charge on any atom is -0.463 e. The molecule has 0 saturated carbocycles. The summed E-state index contributed by atoms with van der Waals surface area (Å²) >= 11 is 0. The summed E-state index contributed by atoms with van der Waals surface area (Å²) < 4.78 is 10.1. The minimum atomic E-state index is -1.05. The maximum absolute atomic E-state index is 11.9. The van der Waals surface area contributed by atoms with Crippen molar-refractivity contribution in [3.8, 4) is 0 Å². The first-order valence-corrected chi connectivity index (χ1v) is 16.9. The molecule has 0 spiro atoms. The fraction of sp³-hybridized carbons (Fsp3) is 0.722. The van der Waals surface area contributed by atoms with Gasteiger partial charge in [-0.05, 0) is 38.5 Å². The van der Waals surface area contributed by atoms with Gasteiger partial charge in [0.2, 0.25) is 0 Å². The molecule has 3 atom stereocenters. The lowest BCUT2D eigenvalue weighted by molar-refractivity contribution is -0.152. The molecule has 7 nitrogen and oxygen atoms in total. The summed E-state index contributed by atoms with van der Waals surface area (Å²) in [6, 6.07) is 0. The zero-order valence-corrected chi connectivity index (χ0v) is 27.2. The van der Waals surface area contributed by atoms with Crippen LogP contribution in [0.15, 0.2) is 48.6 Å². The van der Waals surface area contributed by atoms with Gasteiger partial charge in [-0.2, -0.15) is 0 Å². The third kappa shape index (κ3) is 31.0. The van der Waals surface area contributed by atoms with E-state index in [-0.39, 0.29) is 25.6 Å². The molecule has 0 bridgehead atoms. The summed E-state index contributed by atoms with van der Waals surface area (Å²) in [6.45, 7) is 3.99. The summed E-state index contributed by atoms with van der Waals surface area (Å²) in [4.78, 5) is 23.8. The van der Waals surface area contributed by atoms with Crippen LogP contribution >= 0.6 is 0 Å². The Bertz CT molecular complexity index is 772. The summed E-state index contributed by atoms with van der Waals surface area (Å²) in [5, 5.41) is 29.9. The van der Waals surface area contributed by atoms with Crippen molar-refractivity contribution in [3.05, 3.63) is 48.6 Å². The summed E-state index contributed by atoms with van der Waals surface area (Å²) in [7, 11) is 0. The maximum Gasteiger partial charge on any atom is 0.305 e. The Hall–Kier alpha value is -2.22. The molecule has 0 fully saturated rings. The van der Waals surface area contributed by atoms with Gasteiger partial charge in [-0.25, -0.2) is 0 Å². The molecule has 0 aliphatic heterocycles. The van der Waals surface area contributed by atoms with Gasteiger partial charge in [0.05, 0.1) is 12.2 Å². The van der Waals surface area contributed by atoms with E-state index in [4.69, 9.17) is 9.47 Å². The molecule has 0 radical (unpaired) electrons. The quantitative estimate of drug-likeness (QED) is 0.0344. The first kappa shape index (κ1) is 40.8. The van der Waals surface area contributed by atoms with E-state index in [0.29, 0.717) is 25.7 Å². The number of hydrogen-bond acceptors (Lipinski definition) is 7. The van der Waals surface area contributed by atoms with Crippen LogP contribution in [-0.2, 0) is 19.1 Å². The van der Waals surface area contributed by atoms with Gasteiger partial charge in [-0.15, -0.1) is 0 Å². The van der Waals surface area contributed by atoms with Crippen LogP contribution in [0.5, 0.6) is 0 Å². The normalized spacial score (nSPS) is 14.3. The van der Waals surface area contributed by atoms with Crippen molar-refractivity contribution in [1.82, 2.24) is 0 Å². The highest BCUT2D eigenvalue weighted by molar-refractivity contribution is 5.69. The molecule has 0 aromatic rings. The third-order valence-electron chi connectivity index (χ3n) is 7.01. The molecule has 0 aromatic heterocycles. The van der Waals surface area contributed by atoms with E-state index >= 15 is 0 Å². The number of ether oxygens (including phenoxy) is 2. The zero-order chi connectivity index (χ0) is 31.8. The smallest absolute Gasteiger partial charge is 0.305 e. The number of carbonyl (C=O) groups is 2. The molecule has 0 rings (SSSR count). The van der Waals surface area contributed by atoms with Crippen LogP contribution < -0.4 is 0 Å². The van der Waals surface area contributed by atoms with Gasteiger partial charge in [-0.1, -0.05) is 133 Å². The Balaban J connectivity index is 3.79. The lowest BCUT2D eigenvalue weighted by Crippen LogP contribution is -2.25. The molecular weight excluding hydrogens is 544 g/mol. The minimum absolute atomic E-state index is 0.125. The Morgan fingerprint density at radius 2 is 1.07 bits per heavy atom. The van der Waals surface area contributed by atoms with Crippen molar-refractivity contribution in [2.24, 2.45) is 0 Å². The molecule has 0 aliphatic rings. The number of carbonyl (C=O) groups excluding carboxylic acids is 2. The van der Waals surface area contributed by atoms with Gasteiger partial charge in [-0.3, -0.25) is 9.59 Å². The van der Waals surface area contributed by atoms with Crippen LogP contribution in [0.3, 0.4) is 0 Å². The summed E-state index contributed by atoms with van der Waals surface area (Å²) in [6.07, 6.45) is 30.8. The van der Waals surface area contributed by atoms with Crippen molar-refractivity contribution in [3.63, 3.8) is 0 Å². The average Bonchev–Trinajstić information content (AvgIpc) is 2.99. The number of rotatable bonds is 29. The highest BCUT2D eigenvalue weighted by Gasteiger charge is 2.12. The average molecular weight is 607 g/mol. The van der Waals surface area contributed by atoms with Crippen molar-refractivity contribution in [1.29, 1.82) is 0 Å². The predicted molar refractivity (Wildman–Crippen MR) is 176 cm³/mol. The molecule has 0 aromatic carbocycles. The SMILES string of the molecule is CCCCC/C=C\C[C@@H](O)/C=C/C=C/C=C\[C@@H](O)CCCC(=O)OC[C@@H](O)COC(=O)CCCCCCCCCCCC. The van der Waals surface area contributed by atoms with E-state index in [1.165, 1.54) is 64.2 Å². The van der Waals surface area contributed by atoms with Crippen LogP contribution in [0.2, 0.25) is 0 Å². The molecule has 0 amide bonds. The van der Waals surface area contributed by atoms with Crippen LogP contribution in [0.4, 0.5) is 0 Å². The van der Waals surface area contributed by atoms with Crippen molar-refractivity contribution < 1.29 is 34.4 Å². The number of esters is 2. The standard InChI is InChI=1S/C36H62O7/c1-3-5-7-9-11-12-13-14-16-22-28-35(40)42-30-34(39)31-43-36(41)29-23-27-33(38)26-21-18-17-20-25-32(37)24-19-15-10-8-6-4-2/h15,17-21,25-26,32-34,37-39H,3-14,16,22-24,27-31H2,1-2H3/b18-17+,19-15-,25-20+,26-21-/t32-,33-,34+/m1/s1. The first-order chi connectivity index (χ1) is 20.9. The zero-order valence-electron chi connectivity index (χ0n) is 27.2. The van der Waals surface area contributed by atoms with Gasteiger partial charge >= 0.3 is 11.9 Å². The number of allylic oxidation sites excluding steroid dienone is 5. The monoisotopic (exact) mass is 606 g/mol. The van der Waals surface area contributed by atoms with E-state index in [2.05, 4.69) is 19.9 Å². The van der Waals surface area contributed by atoms with Crippen LogP contribution in [0.25, 0.3) is 0 Å². The van der Waals surface area contributed by atoms with Gasteiger partial charge in [0, 0.05) is 12.8 Å². The predicted octanol–water partition coefficient (Wildman–Crippen LogP) is 7.83.